The first kappa shape index (κ1) is 17.9. The van der Waals surface area contributed by atoms with E-state index in [-0.39, 0.29) is 24.3 Å². The number of aliphatic hydroxyl groups is 1. The largest absolute Gasteiger partial charge is 0.480 e. The number of aliphatic hydroxyl groups excluding tert-OH is 1. The predicted octanol–water partition coefficient (Wildman–Crippen LogP) is 0.824. The number of carboxylic acid groups (broad SMARTS) is 1. The van der Waals surface area contributed by atoms with E-state index in [2.05, 4.69) is 20.8 Å². The average Bonchev–Trinajstić information content (AvgIpc) is 2.75. The van der Waals surface area contributed by atoms with Gasteiger partial charge in [-0.2, -0.15) is 0 Å². The van der Waals surface area contributed by atoms with Crippen molar-refractivity contribution in [1.82, 2.24) is 4.90 Å². The Kier molecular flexibility index (Phi) is 6.16. The Hall–Kier alpha value is -1.14. The summed E-state index contributed by atoms with van der Waals surface area (Å²) in [5.74, 6) is -0.915. The molecule has 0 aliphatic carbocycles. The molecule has 21 heavy (non-hydrogen) atoms. The van der Waals surface area contributed by atoms with Crippen LogP contribution in [0.1, 0.15) is 46.5 Å². The molecule has 1 aliphatic heterocycles. The number of carbonyl (C=O) groups excluding carboxylic acids is 1. The molecule has 1 rings (SSSR count). The molecule has 0 spiro atoms. The maximum atomic E-state index is 12.3. The van der Waals surface area contributed by atoms with Crippen molar-refractivity contribution >= 4 is 11.9 Å². The molecule has 0 bridgehead atoms. The maximum Gasteiger partial charge on any atom is 0.326 e. The van der Waals surface area contributed by atoms with Gasteiger partial charge in [0, 0.05) is 19.4 Å². The normalized spacial score (nSPS) is 24.1. The summed E-state index contributed by atoms with van der Waals surface area (Å²) in [5, 5.41) is 18.7. The number of likely N-dealkylation sites (tertiary alicyclic amines) is 1. The second-order valence-corrected chi connectivity index (χ2v) is 6.97. The molecule has 1 heterocycles. The number of carbonyl (C=O) groups is 2. The first-order chi connectivity index (χ1) is 9.66. The van der Waals surface area contributed by atoms with Crippen molar-refractivity contribution < 1.29 is 19.8 Å². The molecule has 6 nitrogen and oxygen atoms in total. The highest BCUT2D eigenvalue weighted by molar-refractivity contribution is 5.84. The minimum Gasteiger partial charge on any atom is -0.480 e. The number of carboxylic acids is 1. The molecule has 1 aliphatic rings. The maximum absolute atomic E-state index is 12.3. The molecule has 1 unspecified atom stereocenters. The van der Waals surface area contributed by atoms with Crippen molar-refractivity contribution in [2.45, 2.75) is 58.6 Å². The standard InChI is InChI=1S/C15H28N2O4/c1-15(2,3)10(6-7-16)4-5-13(19)17-9-11(18)8-12(17)14(20)21/h10-12,18H,4-9,16H2,1-3H3,(H,20,21)/t10?,11-,12-/m0/s1. The van der Waals surface area contributed by atoms with E-state index in [1.54, 1.807) is 0 Å². The molecule has 3 atom stereocenters. The van der Waals surface area contributed by atoms with Crippen LogP contribution < -0.4 is 5.73 Å². The van der Waals surface area contributed by atoms with Gasteiger partial charge >= 0.3 is 5.97 Å². The van der Waals surface area contributed by atoms with Crippen LogP contribution in [0.25, 0.3) is 0 Å². The van der Waals surface area contributed by atoms with Gasteiger partial charge in [-0.1, -0.05) is 20.8 Å². The third-order valence-corrected chi connectivity index (χ3v) is 4.33. The van der Waals surface area contributed by atoms with E-state index in [1.807, 2.05) is 0 Å². The Morgan fingerprint density at radius 2 is 1.95 bits per heavy atom. The fourth-order valence-corrected chi connectivity index (χ4v) is 2.98. The molecule has 0 aromatic rings. The number of hydrogen-bond acceptors (Lipinski definition) is 4. The minimum atomic E-state index is -1.05. The molecule has 0 aromatic heterocycles. The zero-order valence-electron chi connectivity index (χ0n) is 13.2. The lowest BCUT2D eigenvalue weighted by molar-refractivity contribution is -0.148. The van der Waals surface area contributed by atoms with Gasteiger partial charge in [-0.3, -0.25) is 4.79 Å². The summed E-state index contributed by atoms with van der Waals surface area (Å²) in [6, 6.07) is -0.893. The lowest BCUT2D eigenvalue weighted by Gasteiger charge is -2.31. The third kappa shape index (κ3) is 4.97. The summed E-state index contributed by atoms with van der Waals surface area (Å²) in [4.78, 5) is 24.7. The van der Waals surface area contributed by atoms with E-state index >= 15 is 0 Å². The number of hydrogen-bond donors (Lipinski definition) is 3. The van der Waals surface area contributed by atoms with Crippen molar-refractivity contribution in [3.8, 4) is 0 Å². The van der Waals surface area contributed by atoms with E-state index in [0.29, 0.717) is 25.3 Å². The SMILES string of the molecule is CC(C)(C)C(CCN)CCC(=O)N1C[C@@H](O)C[C@H]1C(=O)O. The van der Waals surface area contributed by atoms with Gasteiger partial charge in [0.15, 0.2) is 0 Å². The molecule has 1 saturated heterocycles. The van der Waals surface area contributed by atoms with E-state index in [4.69, 9.17) is 10.8 Å². The highest BCUT2D eigenvalue weighted by Crippen LogP contribution is 2.32. The number of nitrogens with two attached hydrogens (primary N) is 1. The fourth-order valence-electron chi connectivity index (χ4n) is 2.98. The Bertz CT molecular complexity index is 378. The van der Waals surface area contributed by atoms with Crippen molar-refractivity contribution in [2.75, 3.05) is 13.1 Å². The smallest absolute Gasteiger partial charge is 0.326 e. The summed E-state index contributed by atoms with van der Waals surface area (Å²) in [5.41, 5.74) is 5.69. The van der Waals surface area contributed by atoms with Gasteiger partial charge in [0.1, 0.15) is 6.04 Å². The van der Waals surface area contributed by atoms with E-state index in [9.17, 15) is 14.7 Å². The van der Waals surface area contributed by atoms with Gasteiger partial charge in [-0.05, 0) is 30.7 Å². The summed E-state index contributed by atoms with van der Waals surface area (Å²) >= 11 is 0. The number of amides is 1. The Labute approximate surface area is 126 Å². The van der Waals surface area contributed by atoms with E-state index < -0.39 is 18.1 Å². The molecule has 0 radical (unpaired) electrons. The van der Waals surface area contributed by atoms with Crippen LogP contribution in [0.15, 0.2) is 0 Å². The Balaban J connectivity index is 2.61. The number of rotatable bonds is 6. The quantitative estimate of drug-likeness (QED) is 0.674. The van der Waals surface area contributed by atoms with Crippen molar-refractivity contribution in [3.05, 3.63) is 0 Å². The summed E-state index contributed by atoms with van der Waals surface area (Å²) in [7, 11) is 0. The van der Waals surface area contributed by atoms with Gasteiger partial charge in [0.05, 0.1) is 6.10 Å². The van der Waals surface area contributed by atoms with E-state index in [1.165, 1.54) is 4.90 Å². The molecular formula is C15H28N2O4. The third-order valence-electron chi connectivity index (χ3n) is 4.33. The van der Waals surface area contributed by atoms with Crippen LogP contribution in [0.5, 0.6) is 0 Å². The summed E-state index contributed by atoms with van der Waals surface area (Å²) in [6.07, 6.45) is 1.23. The second kappa shape index (κ2) is 7.22. The van der Waals surface area contributed by atoms with Crippen molar-refractivity contribution in [2.24, 2.45) is 17.1 Å². The highest BCUT2D eigenvalue weighted by atomic mass is 16.4. The lowest BCUT2D eigenvalue weighted by Crippen LogP contribution is -2.41. The second-order valence-electron chi connectivity index (χ2n) is 6.97. The van der Waals surface area contributed by atoms with Crippen LogP contribution in [0.3, 0.4) is 0 Å². The molecule has 4 N–H and O–H groups in total. The monoisotopic (exact) mass is 300 g/mol. The Morgan fingerprint density at radius 3 is 2.43 bits per heavy atom. The van der Waals surface area contributed by atoms with E-state index in [0.717, 1.165) is 6.42 Å². The summed E-state index contributed by atoms with van der Waals surface area (Å²) in [6.45, 7) is 7.07. The lowest BCUT2D eigenvalue weighted by atomic mass is 9.76. The number of nitrogens with zero attached hydrogens (tertiary/aromatic N) is 1. The van der Waals surface area contributed by atoms with Gasteiger partial charge in [0.2, 0.25) is 5.91 Å². The van der Waals surface area contributed by atoms with Crippen molar-refractivity contribution in [1.29, 1.82) is 0 Å². The van der Waals surface area contributed by atoms with Gasteiger partial charge in [-0.15, -0.1) is 0 Å². The molecule has 0 saturated carbocycles. The zero-order chi connectivity index (χ0) is 16.2. The average molecular weight is 300 g/mol. The van der Waals surface area contributed by atoms with Crippen LogP contribution in [0.4, 0.5) is 0 Å². The van der Waals surface area contributed by atoms with Gasteiger partial charge < -0.3 is 20.8 Å². The van der Waals surface area contributed by atoms with Crippen LogP contribution in [-0.4, -0.2) is 52.2 Å². The Morgan fingerprint density at radius 1 is 1.33 bits per heavy atom. The molecule has 1 fully saturated rings. The fraction of sp³-hybridized carbons (Fsp3) is 0.867. The zero-order valence-corrected chi connectivity index (χ0v) is 13.2. The van der Waals surface area contributed by atoms with Gasteiger partial charge in [0.25, 0.3) is 0 Å². The molecule has 0 aromatic carbocycles. The predicted molar refractivity (Wildman–Crippen MR) is 79.6 cm³/mol. The first-order valence-electron chi connectivity index (χ1n) is 7.57. The minimum absolute atomic E-state index is 0.0658. The topological polar surface area (TPSA) is 104 Å². The first-order valence-corrected chi connectivity index (χ1v) is 7.57. The van der Waals surface area contributed by atoms with Gasteiger partial charge in [-0.25, -0.2) is 4.79 Å². The van der Waals surface area contributed by atoms with Crippen LogP contribution in [-0.2, 0) is 9.59 Å². The highest BCUT2D eigenvalue weighted by Gasteiger charge is 2.39. The van der Waals surface area contributed by atoms with Crippen LogP contribution >= 0.6 is 0 Å². The van der Waals surface area contributed by atoms with Crippen molar-refractivity contribution in [3.63, 3.8) is 0 Å². The van der Waals surface area contributed by atoms with Crippen LogP contribution in [0, 0.1) is 11.3 Å². The van der Waals surface area contributed by atoms with Crippen LogP contribution in [0.2, 0.25) is 0 Å². The summed E-state index contributed by atoms with van der Waals surface area (Å²) < 4.78 is 0. The molecule has 1 amide bonds. The number of β-amino-alcohol motifs (C(OH)–C–C–N with tert-alkyl or cyclic N) is 1. The molecular weight excluding hydrogens is 272 g/mol. The molecule has 6 heteroatoms. The number of aliphatic carboxylic acids is 1. The molecule has 122 valence electrons.